The van der Waals surface area contributed by atoms with Crippen molar-refractivity contribution in [3.8, 4) is 22.4 Å². The Hall–Kier alpha value is -1.86. The zero-order chi connectivity index (χ0) is 21.2. The molecule has 0 amide bonds. The molecule has 1 atom stereocenters. The van der Waals surface area contributed by atoms with Crippen LogP contribution in [0.15, 0.2) is 24.3 Å². The van der Waals surface area contributed by atoms with E-state index in [2.05, 4.69) is 44.2 Å². The summed E-state index contributed by atoms with van der Waals surface area (Å²) in [7, 11) is 0. The van der Waals surface area contributed by atoms with Gasteiger partial charge in [0.05, 0.1) is 23.8 Å². The summed E-state index contributed by atoms with van der Waals surface area (Å²) >= 11 is 1.77. The summed E-state index contributed by atoms with van der Waals surface area (Å²) in [6.07, 6.45) is 13.9. The van der Waals surface area contributed by atoms with E-state index in [4.69, 9.17) is 9.72 Å². The molecule has 1 aliphatic carbocycles. The summed E-state index contributed by atoms with van der Waals surface area (Å²) in [5.74, 6) is 0.936. The van der Waals surface area contributed by atoms with Crippen LogP contribution in [0.5, 0.6) is 5.75 Å². The molecule has 1 unspecified atom stereocenters. The van der Waals surface area contributed by atoms with Crippen molar-refractivity contribution in [2.45, 2.75) is 90.9 Å². The summed E-state index contributed by atoms with van der Waals surface area (Å²) in [6, 6.07) is 11.0. The Morgan fingerprint density at radius 1 is 0.967 bits per heavy atom. The largest absolute Gasteiger partial charge is 0.494 e. The highest BCUT2D eigenvalue weighted by Gasteiger charge is 2.39. The number of nitriles is 1. The zero-order valence-corrected chi connectivity index (χ0v) is 19.5. The molecule has 3 rings (SSSR count). The molecule has 1 aromatic carbocycles. The van der Waals surface area contributed by atoms with Gasteiger partial charge < -0.3 is 4.74 Å². The van der Waals surface area contributed by atoms with Crippen LogP contribution < -0.4 is 4.74 Å². The van der Waals surface area contributed by atoms with Crippen LogP contribution in [-0.4, -0.2) is 11.6 Å². The maximum atomic E-state index is 9.86. The monoisotopic (exact) mass is 424 g/mol. The van der Waals surface area contributed by atoms with E-state index in [0.717, 1.165) is 60.7 Å². The lowest BCUT2D eigenvalue weighted by atomic mass is 9.82. The Morgan fingerprint density at radius 2 is 1.67 bits per heavy atom. The van der Waals surface area contributed by atoms with E-state index in [1.54, 1.807) is 11.3 Å². The maximum absolute atomic E-state index is 9.86. The van der Waals surface area contributed by atoms with Crippen molar-refractivity contribution in [3.63, 3.8) is 0 Å². The number of fused-ring (bicyclic) bond motifs is 1. The van der Waals surface area contributed by atoms with Crippen molar-refractivity contribution in [1.29, 1.82) is 5.26 Å². The van der Waals surface area contributed by atoms with Crippen molar-refractivity contribution in [1.82, 2.24) is 4.98 Å². The van der Waals surface area contributed by atoms with Crippen molar-refractivity contribution in [2.24, 2.45) is 5.41 Å². The molecule has 1 aliphatic rings. The van der Waals surface area contributed by atoms with E-state index >= 15 is 0 Å². The molecule has 0 aliphatic heterocycles. The van der Waals surface area contributed by atoms with Crippen LogP contribution in [-0.2, 0) is 12.8 Å². The molecular weight excluding hydrogens is 388 g/mol. The molecule has 0 N–H and O–H groups in total. The molecule has 1 aromatic heterocycles. The molecule has 2 aromatic rings. The highest BCUT2D eigenvalue weighted by Crippen LogP contribution is 2.44. The highest BCUT2D eigenvalue weighted by atomic mass is 32.1. The first-order valence-electron chi connectivity index (χ1n) is 11.8. The summed E-state index contributed by atoms with van der Waals surface area (Å²) in [6.45, 7) is 5.26. The SMILES string of the molecule is CCCCCCCC1(C#N)Cc2nc(-c3ccc(OCCCCCC)cc3)sc2C1. The lowest BCUT2D eigenvalue weighted by Crippen LogP contribution is -2.19. The zero-order valence-electron chi connectivity index (χ0n) is 18.7. The molecular formula is C26H36N2OS. The first kappa shape index (κ1) is 22.8. The average molecular weight is 425 g/mol. The number of benzene rings is 1. The molecule has 0 saturated heterocycles. The Kier molecular flexibility index (Phi) is 8.75. The fourth-order valence-corrected chi connectivity index (χ4v) is 5.49. The first-order chi connectivity index (χ1) is 14.7. The van der Waals surface area contributed by atoms with Crippen LogP contribution in [0.2, 0.25) is 0 Å². The second-order valence-electron chi connectivity index (χ2n) is 8.73. The van der Waals surface area contributed by atoms with Gasteiger partial charge in [-0.15, -0.1) is 11.3 Å². The summed E-state index contributed by atoms with van der Waals surface area (Å²) in [5, 5.41) is 10.9. The number of nitrogens with zero attached hydrogens (tertiary/aromatic N) is 2. The van der Waals surface area contributed by atoms with Crippen LogP contribution in [0, 0.1) is 16.7 Å². The maximum Gasteiger partial charge on any atom is 0.123 e. The molecule has 0 saturated carbocycles. The molecule has 30 heavy (non-hydrogen) atoms. The highest BCUT2D eigenvalue weighted by molar-refractivity contribution is 7.15. The number of unbranched alkanes of at least 4 members (excludes halogenated alkanes) is 7. The minimum atomic E-state index is -0.214. The minimum Gasteiger partial charge on any atom is -0.494 e. The quantitative estimate of drug-likeness (QED) is 0.309. The third-order valence-electron chi connectivity index (χ3n) is 6.15. The Balaban J connectivity index is 1.53. The standard InChI is InChI=1S/C26H36N2OS/c1-3-5-7-9-10-16-26(20-27)18-23-24(19-26)30-25(28-23)21-12-14-22(15-13-21)29-17-11-8-6-4-2/h12-15H,3-11,16-19H2,1-2H3. The number of aromatic nitrogens is 1. The number of ether oxygens (including phenoxy) is 1. The third kappa shape index (κ3) is 6.08. The van der Waals surface area contributed by atoms with Gasteiger partial charge in [0.25, 0.3) is 0 Å². The van der Waals surface area contributed by atoms with E-state index in [0.29, 0.717) is 0 Å². The van der Waals surface area contributed by atoms with E-state index in [-0.39, 0.29) is 5.41 Å². The van der Waals surface area contributed by atoms with Crippen molar-refractivity contribution in [2.75, 3.05) is 6.61 Å². The lowest BCUT2D eigenvalue weighted by molar-refractivity contribution is 0.305. The van der Waals surface area contributed by atoms with Gasteiger partial charge in [0.15, 0.2) is 0 Å². The van der Waals surface area contributed by atoms with Crippen LogP contribution in [0.4, 0.5) is 0 Å². The Bertz CT molecular complexity index is 795. The van der Waals surface area contributed by atoms with Crippen LogP contribution in [0.25, 0.3) is 10.6 Å². The minimum absolute atomic E-state index is 0.214. The number of hydrogen-bond acceptors (Lipinski definition) is 4. The topological polar surface area (TPSA) is 45.9 Å². The van der Waals surface area contributed by atoms with E-state index in [1.165, 1.54) is 49.8 Å². The van der Waals surface area contributed by atoms with E-state index in [1.807, 2.05) is 0 Å². The second kappa shape index (κ2) is 11.5. The van der Waals surface area contributed by atoms with Crippen LogP contribution in [0.1, 0.15) is 88.6 Å². The third-order valence-corrected chi connectivity index (χ3v) is 7.29. The van der Waals surface area contributed by atoms with Gasteiger partial charge in [-0.2, -0.15) is 5.26 Å². The lowest BCUT2D eigenvalue weighted by Gasteiger charge is -2.19. The molecule has 1 heterocycles. The molecule has 0 fully saturated rings. The van der Waals surface area contributed by atoms with E-state index < -0.39 is 0 Å². The first-order valence-corrected chi connectivity index (χ1v) is 12.6. The molecule has 162 valence electrons. The molecule has 0 spiro atoms. The van der Waals surface area contributed by atoms with Crippen molar-refractivity contribution in [3.05, 3.63) is 34.8 Å². The predicted octanol–water partition coefficient (Wildman–Crippen LogP) is 7.74. The predicted molar refractivity (Wildman–Crippen MR) is 126 cm³/mol. The summed E-state index contributed by atoms with van der Waals surface area (Å²) in [5.41, 5.74) is 2.09. The fraction of sp³-hybridized carbons (Fsp3) is 0.615. The number of rotatable bonds is 13. The van der Waals surface area contributed by atoms with Gasteiger partial charge in [-0.05, 0) is 37.1 Å². The molecule has 4 heteroatoms. The Morgan fingerprint density at radius 3 is 2.33 bits per heavy atom. The summed E-state index contributed by atoms with van der Waals surface area (Å²) in [4.78, 5) is 6.23. The smallest absolute Gasteiger partial charge is 0.123 e. The average Bonchev–Trinajstić information content (AvgIpc) is 3.30. The van der Waals surface area contributed by atoms with Gasteiger partial charge >= 0.3 is 0 Å². The Labute approximate surface area is 186 Å². The van der Waals surface area contributed by atoms with Gasteiger partial charge in [-0.25, -0.2) is 4.98 Å². The summed E-state index contributed by atoms with van der Waals surface area (Å²) < 4.78 is 5.86. The number of hydrogen-bond donors (Lipinski definition) is 0. The van der Waals surface area contributed by atoms with Crippen molar-refractivity contribution < 1.29 is 4.74 Å². The van der Waals surface area contributed by atoms with Crippen molar-refractivity contribution >= 4 is 11.3 Å². The van der Waals surface area contributed by atoms with Gasteiger partial charge in [0.2, 0.25) is 0 Å². The second-order valence-corrected chi connectivity index (χ2v) is 9.82. The van der Waals surface area contributed by atoms with Crippen LogP contribution >= 0.6 is 11.3 Å². The normalized spacial score (nSPS) is 17.6. The van der Waals surface area contributed by atoms with E-state index in [9.17, 15) is 5.26 Å². The van der Waals surface area contributed by atoms with Gasteiger partial charge in [0, 0.05) is 23.3 Å². The van der Waals surface area contributed by atoms with Gasteiger partial charge in [0.1, 0.15) is 10.8 Å². The fourth-order valence-electron chi connectivity index (χ4n) is 4.26. The number of thiazole rings is 1. The molecule has 0 bridgehead atoms. The van der Waals surface area contributed by atoms with Gasteiger partial charge in [-0.1, -0.05) is 65.2 Å². The molecule has 0 radical (unpaired) electrons. The van der Waals surface area contributed by atoms with Gasteiger partial charge in [-0.3, -0.25) is 0 Å². The molecule has 3 nitrogen and oxygen atoms in total. The van der Waals surface area contributed by atoms with Crippen LogP contribution in [0.3, 0.4) is 0 Å².